The van der Waals surface area contributed by atoms with Gasteiger partial charge in [0.2, 0.25) is 0 Å². The van der Waals surface area contributed by atoms with Crippen LogP contribution in [0.5, 0.6) is 0 Å². The summed E-state index contributed by atoms with van der Waals surface area (Å²) in [7, 11) is 0. The molecule has 1 aromatic carbocycles. The summed E-state index contributed by atoms with van der Waals surface area (Å²) in [5.41, 5.74) is 2.27. The van der Waals surface area contributed by atoms with Crippen molar-refractivity contribution in [1.29, 1.82) is 5.26 Å². The highest BCUT2D eigenvalue weighted by molar-refractivity contribution is 5.56. The van der Waals surface area contributed by atoms with Crippen molar-refractivity contribution in [3.63, 3.8) is 0 Å². The number of nitrogens with zero attached hydrogens (tertiary/aromatic N) is 2. The van der Waals surface area contributed by atoms with E-state index in [2.05, 4.69) is 16.0 Å². The summed E-state index contributed by atoms with van der Waals surface area (Å²) in [6.45, 7) is 1.82. The molecule has 0 saturated heterocycles. The van der Waals surface area contributed by atoms with Gasteiger partial charge in [0.1, 0.15) is 17.6 Å². The Morgan fingerprint density at radius 1 is 1.29 bits per heavy atom. The van der Waals surface area contributed by atoms with Gasteiger partial charge in [-0.1, -0.05) is 30.3 Å². The first kappa shape index (κ1) is 8.52. The molecule has 1 aromatic heterocycles. The highest BCUT2D eigenvalue weighted by Crippen LogP contribution is 2.16. The Morgan fingerprint density at radius 3 is 2.57 bits per heavy atom. The summed E-state index contributed by atoms with van der Waals surface area (Å²) in [6.07, 6.45) is 0. The lowest BCUT2D eigenvalue weighted by Gasteiger charge is -1.93. The topological polar surface area (TPSA) is 52.5 Å². The minimum absolute atomic E-state index is 0.531. The van der Waals surface area contributed by atoms with Crippen molar-refractivity contribution in [2.24, 2.45) is 0 Å². The van der Waals surface area contributed by atoms with Gasteiger partial charge in [0.05, 0.1) is 5.69 Å². The van der Waals surface area contributed by atoms with Crippen LogP contribution in [0.15, 0.2) is 30.3 Å². The van der Waals surface area contributed by atoms with E-state index in [4.69, 9.17) is 5.26 Å². The van der Waals surface area contributed by atoms with Crippen LogP contribution >= 0.6 is 0 Å². The maximum atomic E-state index is 8.76. The first-order chi connectivity index (χ1) is 6.81. The van der Waals surface area contributed by atoms with Gasteiger partial charge in [-0.25, -0.2) is 4.98 Å². The largest absolute Gasteiger partial charge is 0.330 e. The van der Waals surface area contributed by atoms with Gasteiger partial charge in [0.15, 0.2) is 0 Å². The van der Waals surface area contributed by atoms with Crippen molar-refractivity contribution in [3.8, 4) is 17.5 Å². The Kier molecular flexibility index (Phi) is 2.04. The molecule has 0 radical (unpaired) electrons. The third-order valence-electron chi connectivity index (χ3n) is 2.04. The Morgan fingerprint density at radius 2 is 2.00 bits per heavy atom. The third-order valence-corrected chi connectivity index (χ3v) is 2.04. The molecule has 2 aromatic rings. The molecule has 0 aliphatic heterocycles. The van der Waals surface area contributed by atoms with E-state index in [-0.39, 0.29) is 0 Å². The molecule has 3 heteroatoms. The number of hydrogen-bond acceptors (Lipinski definition) is 2. The van der Waals surface area contributed by atoms with Gasteiger partial charge in [-0.15, -0.1) is 0 Å². The van der Waals surface area contributed by atoms with E-state index in [0.717, 1.165) is 17.1 Å². The molecular formula is C11H9N3. The number of rotatable bonds is 1. The monoisotopic (exact) mass is 183 g/mol. The number of benzene rings is 1. The van der Waals surface area contributed by atoms with Crippen molar-refractivity contribution in [2.45, 2.75) is 6.92 Å². The summed E-state index contributed by atoms with van der Waals surface area (Å²) >= 11 is 0. The van der Waals surface area contributed by atoms with Crippen molar-refractivity contribution >= 4 is 0 Å². The van der Waals surface area contributed by atoms with Gasteiger partial charge in [-0.2, -0.15) is 5.26 Å². The molecule has 0 unspecified atom stereocenters. The number of nitrogens with one attached hydrogen (secondary N) is 1. The summed E-state index contributed by atoms with van der Waals surface area (Å²) in [5.74, 6) is 0.750. The number of H-pyrrole nitrogens is 1. The summed E-state index contributed by atoms with van der Waals surface area (Å²) in [4.78, 5) is 7.25. The molecule has 0 atom stereocenters. The van der Waals surface area contributed by atoms with Gasteiger partial charge in [0.25, 0.3) is 0 Å². The number of aromatic amines is 1. The van der Waals surface area contributed by atoms with Gasteiger partial charge >= 0.3 is 0 Å². The number of aromatic nitrogens is 2. The highest BCUT2D eigenvalue weighted by atomic mass is 14.9. The van der Waals surface area contributed by atoms with E-state index < -0.39 is 0 Å². The smallest absolute Gasteiger partial charge is 0.140 e. The number of imidazole rings is 1. The molecule has 0 aliphatic rings. The molecule has 3 nitrogen and oxygen atoms in total. The van der Waals surface area contributed by atoms with E-state index in [0.29, 0.717) is 5.69 Å². The van der Waals surface area contributed by atoms with Gasteiger partial charge in [0, 0.05) is 5.56 Å². The SMILES string of the molecule is Cc1nc(-c2ccccc2)[nH]c1C#N. The van der Waals surface area contributed by atoms with Crippen LogP contribution < -0.4 is 0 Å². The molecule has 0 amide bonds. The average molecular weight is 183 g/mol. The second-order valence-corrected chi connectivity index (χ2v) is 3.02. The molecule has 0 aliphatic carbocycles. The first-order valence-corrected chi connectivity index (χ1v) is 4.33. The summed E-state index contributed by atoms with van der Waals surface area (Å²) in [5, 5.41) is 8.76. The maximum absolute atomic E-state index is 8.76. The van der Waals surface area contributed by atoms with E-state index >= 15 is 0 Å². The zero-order valence-corrected chi connectivity index (χ0v) is 7.78. The summed E-state index contributed by atoms with van der Waals surface area (Å²) < 4.78 is 0. The quantitative estimate of drug-likeness (QED) is 0.737. The third kappa shape index (κ3) is 1.38. The lowest BCUT2D eigenvalue weighted by atomic mass is 10.2. The predicted molar refractivity (Wildman–Crippen MR) is 53.5 cm³/mol. The number of nitriles is 1. The molecule has 68 valence electrons. The van der Waals surface area contributed by atoms with Gasteiger partial charge in [-0.3, -0.25) is 0 Å². The zero-order chi connectivity index (χ0) is 9.97. The van der Waals surface area contributed by atoms with Crippen LogP contribution in [0.1, 0.15) is 11.4 Å². The normalized spacial score (nSPS) is 9.71. The van der Waals surface area contributed by atoms with Crippen molar-refractivity contribution in [2.75, 3.05) is 0 Å². The number of aryl methyl sites for hydroxylation is 1. The fraction of sp³-hybridized carbons (Fsp3) is 0.0909. The first-order valence-electron chi connectivity index (χ1n) is 4.33. The van der Waals surface area contributed by atoms with Crippen molar-refractivity contribution in [1.82, 2.24) is 9.97 Å². The Hall–Kier alpha value is -2.08. The standard InChI is InChI=1S/C11H9N3/c1-8-10(7-12)14-11(13-8)9-5-3-2-4-6-9/h2-6H,1H3,(H,13,14). The van der Waals surface area contributed by atoms with Crippen molar-refractivity contribution in [3.05, 3.63) is 41.7 Å². The Balaban J connectivity index is 2.50. The lowest BCUT2D eigenvalue weighted by molar-refractivity contribution is 1.25. The van der Waals surface area contributed by atoms with Crippen LogP contribution in [0.3, 0.4) is 0 Å². The van der Waals surface area contributed by atoms with Gasteiger partial charge < -0.3 is 4.98 Å². The van der Waals surface area contributed by atoms with Gasteiger partial charge in [-0.05, 0) is 6.92 Å². The average Bonchev–Trinajstić information content (AvgIpc) is 2.61. The molecular weight excluding hydrogens is 174 g/mol. The predicted octanol–water partition coefficient (Wildman–Crippen LogP) is 2.26. The molecule has 0 saturated carbocycles. The minimum Gasteiger partial charge on any atom is -0.330 e. The van der Waals surface area contributed by atoms with E-state index in [1.54, 1.807) is 0 Å². The van der Waals surface area contributed by atoms with Crippen molar-refractivity contribution < 1.29 is 0 Å². The molecule has 14 heavy (non-hydrogen) atoms. The van der Waals surface area contributed by atoms with E-state index in [1.165, 1.54) is 0 Å². The molecule has 1 heterocycles. The molecule has 0 spiro atoms. The maximum Gasteiger partial charge on any atom is 0.140 e. The number of hydrogen-bond donors (Lipinski definition) is 1. The van der Waals surface area contributed by atoms with Crippen LogP contribution in [0.25, 0.3) is 11.4 Å². The zero-order valence-electron chi connectivity index (χ0n) is 7.78. The summed E-state index contributed by atoms with van der Waals surface area (Å²) in [6, 6.07) is 11.8. The molecule has 2 rings (SSSR count). The molecule has 0 bridgehead atoms. The van der Waals surface area contributed by atoms with E-state index in [9.17, 15) is 0 Å². The Bertz CT molecular complexity index is 477. The van der Waals surface area contributed by atoms with Crippen LogP contribution in [0, 0.1) is 18.3 Å². The fourth-order valence-corrected chi connectivity index (χ4v) is 1.30. The molecule has 0 fully saturated rings. The van der Waals surface area contributed by atoms with Crippen LogP contribution in [0.2, 0.25) is 0 Å². The van der Waals surface area contributed by atoms with E-state index in [1.807, 2.05) is 37.3 Å². The van der Waals surface area contributed by atoms with Crippen LogP contribution in [-0.4, -0.2) is 9.97 Å². The second-order valence-electron chi connectivity index (χ2n) is 3.02. The Labute approximate surface area is 82.0 Å². The van der Waals surface area contributed by atoms with Crippen LogP contribution in [0.4, 0.5) is 0 Å². The minimum atomic E-state index is 0.531. The fourth-order valence-electron chi connectivity index (χ4n) is 1.30. The highest BCUT2D eigenvalue weighted by Gasteiger charge is 2.06. The molecule has 1 N–H and O–H groups in total. The van der Waals surface area contributed by atoms with Crippen LogP contribution in [-0.2, 0) is 0 Å². The lowest BCUT2D eigenvalue weighted by Crippen LogP contribution is -1.78. The second kappa shape index (κ2) is 3.35.